The maximum absolute atomic E-state index is 12.9. The van der Waals surface area contributed by atoms with Gasteiger partial charge in [-0.1, -0.05) is 52.7 Å². The Morgan fingerprint density at radius 3 is 2.42 bits per heavy atom. The van der Waals surface area contributed by atoms with Crippen molar-refractivity contribution < 1.29 is 9.90 Å². The first-order valence-corrected chi connectivity index (χ1v) is 8.69. The average molecular weight is 387 g/mol. The van der Waals surface area contributed by atoms with E-state index in [1.807, 2.05) is 38.1 Å². The number of rotatable bonds is 3. The molecule has 0 fully saturated rings. The molecule has 124 valence electrons. The predicted molar refractivity (Wildman–Crippen MR) is 97.7 cm³/mol. The first-order valence-electron chi connectivity index (χ1n) is 7.90. The molecule has 0 radical (unpaired) electrons. The van der Waals surface area contributed by atoms with Crippen molar-refractivity contribution in [3.05, 3.63) is 69.7 Å². The monoisotopic (exact) mass is 386 g/mol. The van der Waals surface area contributed by atoms with Crippen molar-refractivity contribution in [2.24, 2.45) is 5.10 Å². The molecule has 1 atom stereocenters. The molecular formula is C19H19BrN2O2. The van der Waals surface area contributed by atoms with Gasteiger partial charge < -0.3 is 5.11 Å². The van der Waals surface area contributed by atoms with Crippen molar-refractivity contribution in [1.82, 2.24) is 5.01 Å². The fourth-order valence-corrected chi connectivity index (χ4v) is 3.05. The van der Waals surface area contributed by atoms with E-state index >= 15 is 0 Å². The van der Waals surface area contributed by atoms with Crippen LogP contribution in [0.25, 0.3) is 0 Å². The van der Waals surface area contributed by atoms with Crippen molar-refractivity contribution in [1.29, 1.82) is 0 Å². The van der Waals surface area contributed by atoms with Gasteiger partial charge in [0.05, 0.1) is 0 Å². The van der Waals surface area contributed by atoms with Gasteiger partial charge in [0.2, 0.25) is 0 Å². The van der Waals surface area contributed by atoms with Gasteiger partial charge in [-0.05, 0) is 37.6 Å². The van der Waals surface area contributed by atoms with Gasteiger partial charge in [0, 0.05) is 27.7 Å². The Balaban J connectivity index is 2.01. The molecule has 0 unspecified atom stereocenters. The van der Waals surface area contributed by atoms with Gasteiger partial charge in [0.15, 0.2) is 5.72 Å². The SMILES string of the molecule is CCC1=NN(C(=O)c2ccc(Br)cc2)[C@](O)(c2ccc(C)cc2)C1. The van der Waals surface area contributed by atoms with Gasteiger partial charge in [0.1, 0.15) is 0 Å². The summed E-state index contributed by atoms with van der Waals surface area (Å²) in [6.45, 7) is 3.96. The minimum Gasteiger partial charge on any atom is -0.365 e. The lowest BCUT2D eigenvalue weighted by molar-refractivity contribution is -0.0765. The Kier molecular flexibility index (Phi) is 4.56. The zero-order valence-corrected chi connectivity index (χ0v) is 15.2. The number of carbonyl (C=O) groups is 1. The molecule has 1 amide bonds. The zero-order chi connectivity index (χ0) is 17.3. The van der Waals surface area contributed by atoms with Crippen LogP contribution in [0.15, 0.2) is 58.1 Å². The molecule has 0 spiro atoms. The zero-order valence-electron chi connectivity index (χ0n) is 13.7. The van der Waals surface area contributed by atoms with Crippen LogP contribution in [-0.4, -0.2) is 21.7 Å². The van der Waals surface area contributed by atoms with Gasteiger partial charge in [0.25, 0.3) is 5.91 Å². The molecule has 3 rings (SSSR count). The van der Waals surface area contributed by atoms with E-state index in [1.165, 1.54) is 5.01 Å². The third-order valence-corrected chi connectivity index (χ3v) is 4.78. The highest BCUT2D eigenvalue weighted by Gasteiger charge is 2.45. The van der Waals surface area contributed by atoms with Gasteiger partial charge in [-0.2, -0.15) is 10.1 Å². The second-order valence-electron chi connectivity index (χ2n) is 6.00. The number of hydrogen-bond donors (Lipinski definition) is 1. The molecule has 4 nitrogen and oxygen atoms in total. The normalized spacial score (nSPS) is 20.2. The van der Waals surface area contributed by atoms with Crippen LogP contribution in [0.1, 0.15) is 41.3 Å². The summed E-state index contributed by atoms with van der Waals surface area (Å²) < 4.78 is 0.895. The predicted octanol–water partition coefficient (Wildman–Crippen LogP) is 4.21. The fourth-order valence-electron chi connectivity index (χ4n) is 2.79. The summed E-state index contributed by atoms with van der Waals surface area (Å²) in [5.41, 5.74) is 1.63. The lowest BCUT2D eigenvalue weighted by Gasteiger charge is -2.31. The summed E-state index contributed by atoms with van der Waals surface area (Å²) in [5.74, 6) is -0.311. The Labute approximate surface area is 149 Å². The highest BCUT2D eigenvalue weighted by atomic mass is 79.9. The van der Waals surface area contributed by atoms with Crippen LogP contribution in [0.5, 0.6) is 0 Å². The second kappa shape index (κ2) is 6.49. The summed E-state index contributed by atoms with van der Waals surface area (Å²) in [6, 6.07) is 14.6. The minimum absolute atomic E-state index is 0.311. The van der Waals surface area contributed by atoms with E-state index in [4.69, 9.17) is 0 Å². The number of aryl methyl sites for hydroxylation is 1. The van der Waals surface area contributed by atoms with Crippen molar-refractivity contribution in [2.75, 3.05) is 0 Å². The number of nitrogens with zero attached hydrogens (tertiary/aromatic N) is 2. The molecule has 2 aromatic carbocycles. The smallest absolute Gasteiger partial charge is 0.276 e. The summed E-state index contributed by atoms with van der Waals surface area (Å²) >= 11 is 3.36. The molecule has 0 bridgehead atoms. The number of benzene rings is 2. The molecule has 1 N–H and O–H groups in total. The van der Waals surface area contributed by atoms with Crippen molar-refractivity contribution in [3.63, 3.8) is 0 Å². The quantitative estimate of drug-likeness (QED) is 0.858. The van der Waals surface area contributed by atoms with Crippen LogP contribution in [0.3, 0.4) is 0 Å². The van der Waals surface area contributed by atoms with Crippen molar-refractivity contribution in [2.45, 2.75) is 32.4 Å². The van der Waals surface area contributed by atoms with Crippen LogP contribution in [0, 0.1) is 6.92 Å². The number of halogens is 1. The molecular weight excluding hydrogens is 368 g/mol. The largest absolute Gasteiger partial charge is 0.365 e. The van der Waals surface area contributed by atoms with Crippen LogP contribution >= 0.6 is 15.9 Å². The highest BCUT2D eigenvalue weighted by molar-refractivity contribution is 9.10. The van der Waals surface area contributed by atoms with Gasteiger partial charge in [-0.15, -0.1) is 0 Å². The van der Waals surface area contributed by atoms with E-state index < -0.39 is 5.72 Å². The molecule has 0 aliphatic carbocycles. The maximum Gasteiger partial charge on any atom is 0.276 e. The van der Waals surface area contributed by atoms with E-state index in [0.29, 0.717) is 24.0 Å². The van der Waals surface area contributed by atoms with E-state index in [1.54, 1.807) is 24.3 Å². The summed E-state index contributed by atoms with van der Waals surface area (Å²) in [4.78, 5) is 12.9. The van der Waals surface area contributed by atoms with Crippen LogP contribution in [0.2, 0.25) is 0 Å². The lowest BCUT2D eigenvalue weighted by Crippen LogP contribution is -2.43. The minimum atomic E-state index is -1.44. The number of aliphatic hydroxyl groups is 1. The summed E-state index contributed by atoms with van der Waals surface area (Å²) in [5, 5.41) is 16.9. The standard InChI is InChI=1S/C19H19BrN2O2/c1-3-17-12-19(24,15-8-4-13(2)5-9-15)22(21-17)18(23)14-6-10-16(20)11-7-14/h4-11,24H,3,12H2,1-2H3/t19-/m1/s1. The van der Waals surface area contributed by atoms with E-state index in [2.05, 4.69) is 21.0 Å². The van der Waals surface area contributed by atoms with Gasteiger partial charge in [-0.3, -0.25) is 4.79 Å². The number of hydrazone groups is 1. The van der Waals surface area contributed by atoms with Gasteiger partial charge >= 0.3 is 0 Å². The van der Waals surface area contributed by atoms with E-state index in [0.717, 1.165) is 15.7 Å². The Morgan fingerprint density at radius 1 is 1.21 bits per heavy atom. The Bertz CT molecular complexity index is 784. The maximum atomic E-state index is 12.9. The Morgan fingerprint density at radius 2 is 1.83 bits per heavy atom. The number of carbonyl (C=O) groups excluding carboxylic acids is 1. The average Bonchev–Trinajstić information content (AvgIpc) is 2.93. The topological polar surface area (TPSA) is 52.9 Å². The highest BCUT2D eigenvalue weighted by Crippen LogP contribution is 2.37. The first-order chi connectivity index (χ1) is 11.4. The molecule has 24 heavy (non-hydrogen) atoms. The third kappa shape index (κ3) is 3.01. The van der Waals surface area contributed by atoms with E-state index in [9.17, 15) is 9.90 Å². The number of amides is 1. The van der Waals surface area contributed by atoms with Crippen molar-refractivity contribution in [3.8, 4) is 0 Å². The van der Waals surface area contributed by atoms with Crippen LogP contribution in [-0.2, 0) is 5.72 Å². The summed E-state index contributed by atoms with van der Waals surface area (Å²) in [6.07, 6.45) is 1.02. The molecule has 1 aliphatic rings. The Hall–Kier alpha value is -1.98. The second-order valence-corrected chi connectivity index (χ2v) is 6.92. The molecule has 1 aliphatic heterocycles. The third-order valence-electron chi connectivity index (χ3n) is 4.25. The lowest BCUT2D eigenvalue weighted by atomic mass is 9.95. The van der Waals surface area contributed by atoms with Crippen molar-refractivity contribution >= 4 is 27.5 Å². The molecule has 1 heterocycles. The van der Waals surface area contributed by atoms with Gasteiger partial charge in [-0.25, -0.2) is 0 Å². The molecule has 5 heteroatoms. The molecule has 0 saturated heterocycles. The molecule has 2 aromatic rings. The first kappa shape index (κ1) is 16.9. The van der Waals surface area contributed by atoms with Crippen LogP contribution in [0.4, 0.5) is 0 Å². The fraction of sp³-hybridized carbons (Fsp3) is 0.263. The summed E-state index contributed by atoms with van der Waals surface area (Å²) in [7, 11) is 0. The molecule has 0 aromatic heterocycles. The van der Waals surface area contributed by atoms with Crippen LogP contribution < -0.4 is 0 Å². The molecule has 0 saturated carbocycles. The van der Waals surface area contributed by atoms with E-state index in [-0.39, 0.29) is 5.91 Å². The number of hydrogen-bond acceptors (Lipinski definition) is 3.